The standard InChI is InChI=1S/C24H18F4N6O2/c1-13-11-33(12-17-10-32-22(34(13)17)23(2,36)24(26,27)28)21(35)15-3-4-19(25)18(6-15)20-16(8-30)5-14(7-29)9-31-20/h3-6,9-10,13,36H,11-12H2,1-2H3/t13-,23+/m0/s1. The second-order valence-corrected chi connectivity index (χ2v) is 8.59. The summed E-state index contributed by atoms with van der Waals surface area (Å²) in [4.78, 5) is 22.5. The number of imidazole rings is 1. The van der Waals surface area contributed by atoms with Crippen molar-refractivity contribution in [2.45, 2.75) is 38.2 Å². The summed E-state index contributed by atoms with van der Waals surface area (Å²) in [6.45, 7) is 2.14. The van der Waals surface area contributed by atoms with Crippen LogP contribution in [0.25, 0.3) is 11.3 Å². The molecule has 3 heterocycles. The molecule has 0 unspecified atom stereocenters. The number of amides is 1. The van der Waals surface area contributed by atoms with E-state index in [-0.39, 0.29) is 41.0 Å². The zero-order valence-electron chi connectivity index (χ0n) is 19.0. The van der Waals surface area contributed by atoms with E-state index in [9.17, 15) is 32.7 Å². The van der Waals surface area contributed by atoms with E-state index in [2.05, 4.69) is 9.97 Å². The maximum absolute atomic E-state index is 14.7. The molecule has 1 N–H and O–H groups in total. The molecule has 0 aliphatic carbocycles. The third-order valence-corrected chi connectivity index (χ3v) is 6.03. The van der Waals surface area contributed by atoms with Crippen molar-refractivity contribution in [2.24, 2.45) is 0 Å². The summed E-state index contributed by atoms with van der Waals surface area (Å²) in [7, 11) is 0. The quantitative estimate of drug-likeness (QED) is 0.549. The van der Waals surface area contributed by atoms with Gasteiger partial charge in [0.15, 0.2) is 5.82 Å². The predicted octanol–water partition coefficient (Wildman–Crippen LogP) is 3.81. The molecule has 12 heteroatoms. The number of halogens is 4. The van der Waals surface area contributed by atoms with E-state index in [1.54, 1.807) is 6.92 Å². The summed E-state index contributed by atoms with van der Waals surface area (Å²) >= 11 is 0. The number of benzene rings is 1. The van der Waals surface area contributed by atoms with Crippen LogP contribution in [0.4, 0.5) is 17.6 Å². The van der Waals surface area contributed by atoms with E-state index < -0.39 is 35.4 Å². The highest BCUT2D eigenvalue weighted by atomic mass is 19.4. The second kappa shape index (κ2) is 8.73. The van der Waals surface area contributed by atoms with Gasteiger partial charge in [-0.3, -0.25) is 9.78 Å². The van der Waals surface area contributed by atoms with Crippen molar-refractivity contribution in [1.82, 2.24) is 19.4 Å². The molecule has 2 aromatic heterocycles. The number of nitriles is 2. The molecule has 1 aromatic carbocycles. The van der Waals surface area contributed by atoms with Crippen molar-refractivity contribution in [1.29, 1.82) is 10.5 Å². The van der Waals surface area contributed by atoms with Gasteiger partial charge in [0.05, 0.1) is 41.3 Å². The molecule has 8 nitrogen and oxygen atoms in total. The van der Waals surface area contributed by atoms with Gasteiger partial charge in [0.1, 0.15) is 18.0 Å². The second-order valence-electron chi connectivity index (χ2n) is 8.59. The van der Waals surface area contributed by atoms with Gasteiger partial charge in [-0.2, -0.15) is 23.7 Å². The molecule has 0 bridgehead atoms. The first-order valence-corrected chi connectivity index (χ1v) is 10.6. The van der Waals surface area contributed by atoms with Crippen molar-refractivity contribution in [2.75, 3.05) is 6.54 Å². The molecule has 0 saturated heterocycles. The Bertz CT molecular complexity index is 1450. The Balaban J connectivity index is 1.67. The largest absolute Gasteiger partial charge is 0.424 e. The number of hydrogen-bond donors (Lipinski definition) is 1. The van der Waals surface area contributed by atoms with E-state index in [1.165, 1.54) is 40.1 Å². The van der Waals surface area contributed by atoms with Crippen LogP contribution < -0.4 is 0 Å². The smallest absolute Gasteiger partial charge is 0.374 e. The summed E-state index contributed by atoms with van der Waals surface area (Å²) in [5.74, 6) is -1.82. The Kier molecular flexibility index (Phi) is 6.02. The van der Waals surface area contributed by atoms with Gasteiger partial charge in [0.25, 0.3) is 5.91 Å². The van der Waals surface area contributed by atoms with Gasteiger partial charge in [0, 0.05) is 23.9 Å². The van der Waals surface area contributed by atoms with Gasteiger partial charge in [-0.05, 0) is 38.1 Å². The van der Waals surface area contributed by atoms with Crippen molar-refractivity contribution >= 4 is 5.91 Å². The molecule has 0 radical (unpaired) electrons. The van der Waals surface area contributed by atoms with Gasteiger partial charge in [-0.25, -0.2) is 9.37 Å². The monoisotopic (exact) mass is 498 g/mol. The van der Waals surface area contributed by atoms with Crippen molar-refractivity contribution in [3.05, 3.63) is 70.7 Å². The third-order valence-electron chi connectivity index (χ3n) is 6.03. The summed E-state index contributed by atoms with van der Waals surface area (Å²) in [6.07, 6.45) is -2.58. The molecule has 2 atom stereocenters. The van der Waals surface area contributed by atoms with Crippen LogP contribution in [0, 0.1) is 28.5 Å². The zero-order chi connectivity index (χ0) is 26.4. The lowest BCUT2D eigenvalue weighted by Crippen LogP contribution is -2.45. The van der Waals surface area contributed by atoms with Gasteiger partial charge < -0.3 is 14.6 Å². The molecule has 1 aliphatic heterocycles. The average Bonchev–Trinajstić information content (AvgIpc) is 3.28. The van der Waals surface area contributed by atoms with Crippen LogP contribution in [0.3, 0.4) is 0 Å². The molecule has 0 spiro atoms. The van der Waals surface area contributed by atoms with Crippen molar-refractivity contribution in [3.63, 3.8) is 0 Å². The van der Waals surface area contributed by atoms with Crippen LogP contribution in [0.2, 0.25) is 0 Å². The first-order chi connectivity index (χ1) is 16.9. The SMILES string of the molecule is C[C@H]1CN(C(=O)c2ccc(F)c(-c3ncc(C#N)cc3C#N)c2)Cc2cnc([C@@](C)(O)C(F)(F)F)n21. The van der Waals surface area contributed by atoms with Gasteiger partial charge in [-0.15, -0.1) is 0 Å². The van der Waals surface area contributed by atoms with Gasteiger partial charge in [0.2, 0.25) is 5.60 Å². The summed E-state index contributed by atoms with van der Waals surface area (Å²) in [5.41, 5.74) is -2.88. The van der Waals surface area contributed by atoms with Crippen molar-refractivity contribution in [3.8, 4) is 23.4 Å². The summed E-state index contributed by atoms with van der Waals surface area (Å²) in [6, 6.07) is 7.88. The Hall–Kier alpha value is -4.29. The molecule has 1 aliphatic rings. The summed E-state index contributed by atoms with van der Waals surface area (Å²) in [5, 5.41) is 28.5. The first-order valence-electron chi connectivity index (χ1n) is 10.6. The number of pyridine rings is 1. The molecule has 0 fully saturated rings. The molecule has 36 heavy (non-hydrogen) atoms. The third kappa shape index (κ3) is 4.06. The summed E-state index contributed by atoms with van der Waals surface area (Å²) < 4.78 is 56.1. The number of carbonyl (C=O) groups excluding carboxylic acids is 1. The van der Waals surface area contributed by atoms with Crippen molar-refractivity contribution < 1.29 is 27.5 Å². The highest BCUT2D eigenvalue weighted by molar-refractivity contribution is 5.95. The molecule has 3 aromatic rings. The Morgan fingerprint density at radius 3 is 2.53 bits per heavy atom. The maximum Gasteiger partial charge on any atom is 0.424 e. The van der Waals surface area contributed by atoms with Gasteiger partial charge >= 0.3 is 6.18 Å². The van der Waals surface area contributed by atoms with E-state index >= 15 is 0 Å². The minimum Gasteiger partial charge on any atom is -0.374 e. The number of aromatic nitrogens is 3. The minimum absolute atomic E-state index is 0.00834. The van der Waals surface area contributed by atoms with E-state index in [4.69, 9.17) is 5.26 Å². The van der Waals surface area contributed by atoms with Crippen LogP contribution in [0.1, 0.15) is 52.9 Å². The first kappa shape index (κ1) is 24.8. The molecule has 1 amide bonds. The number of carbonyl (C=O) groups is 1. The fourth-order valence-electron chi connectivity index (χ4n) is 4.16. The lowest BCUT2D eigenvalue weighted by atomic mass is 10.0. The molecule has 4 rings (SSSR count). The number of fused-ring (bicyclic) bond motifs is 1. The molecular weight excluding hydrogens is 480 g/mol. The molecular formula is C24H18F4N6O2. The molecule has 184 valence electrons. The van der Waals surface area contributed by atoms with E-state index in [0.29, 0.717) is 12.6 Å². The number of rotatable bonds is 3. The Labute approximate surface area is 202 Å². The Morgan fingerprint density at radius 2 is 1.89 bits per heavy atom. The normalized spacial score (nSPS) is 17.0. The predicted molar refractivity (Wildman–Crippen MR) is 116 cm³/mol. The highest BCUT2D eigenvalue weighted by Gasteiger charge is 2.55. The molecule has 0 saturated carbocycles. The number of nitrogens with zero attached hydrogens (tertiary/aromatic N) is 6. The maximum atomic E-state index is 14.7. The van der Waals surface area contributed by atoms with Crippen LogP contribution in [0.15, 0.2) is 36.7 Å². The number of aliphatic hydroxyl groups is 1. The van der Waals surface area contributed by atoms with Crippen LogP contribution in [-0.2, 0) is 12.1 Å². The highest BCUT2D eigenvalue weighted by Crippen LogP contribution is 2.40. The average molecular weight is 498 g/mol. The Morgan fingerprint density at radius 1 is 1.17 bits per heavy atom. The van der Waals surface area contributed by atoms with Crippen LogP contribution >= 0.6 is 0 Å². The van der Waals surface area contributed by atoms with Gasteiger partial charge in [-0.1, -0.05) is 0 Å². The topological polar surface area (TPSA) is 119 Å². The zero-order valence-corrected chi connectivity index (χ0v) is 19.0. The van der Waals surface area contributed by atoms with E-state index in [0.717, 1.165) is 6.07 Å². The fraction of sp³-hybridized carbons (Fsp3) is 0.292. The van der Waals surface area contributed by atoms with Crippen LogP contribution in [0.5, 0.6) is 0 Å². The lowest BCUT2D eigenvalue weighted by Gasteiger charge is -2.36. The number of hydrogen-bond acceptors (Lipinski definition) is 6. The van der Waals surface area contributed by atoms with Crippen LogP contribution in [-0.4, -0.2) is 43.2 Å². The fourth-order valence-corrected chi connectivity index (χ4v) is 4.16. The number of alkyl halides is 3. The minimum atomic E-state index is -4.95. The lowest BCUT2D eigenvalue weighted by molar-refractivity contribution is -0.263. The van der Waals surface area contributed by atoms with E-state index in [1.807, 2.05) is 12.1 Å².